The summed E-state index contributed by atoms with van der Waals surface area (Å²) in [5.41, 5.74) is 15.5. The molecule has 0 aliphatic heterocycles. The summed E-state index contributed by atoms with van der Waals surface area (Å²) in [6.45, 7) is 0. The highest BCUT2D eigenvalue weighted by Crippen LogP contribution is 2.39. The van der Waals surface area contributed by atoms with Crippen molar-refractivity contribution < 1.29 is 4.74 Å². The van der Waals surface area contributed by atoms with Gasteiger partial charge in [-0.05, 0) is 50.5 Å². The van der Waals surface area contributed by atoms with Crippen LogP contribution in [0, 0.1) is 0 Å². The van der Waals surface area contributed by atoms with Crippen LogP contribution in [0.4, 0.5) is 5.95 Å². The van der Waals surface area contributed by atoms with Crippen molar-refractivity contribution in [3.8, 4) is 5.88 Å². The fourth-order valence-electron chi connectivity index (χ4n) is 4.11. The molecule has 5 nitrogen and oxygen atoms in total. The Balaban J connectivity index is 1.65. The molecule has 25 heavy (non-hydrogen) atoms. The Morgan fingerprint density at radius 1 is 0.960 bits per heavy atom. The first-order valence-electron chi connectivity index (χ1n) is 9.34. The maximum atomic E-state index is 6.28. The van der Waals surface area contributed by atoms with E-state index in [0.29, 0.717) is 17.9 Å². The lowest BCUT2D eigenvalue weighted by molar-refractivity contribution is 0.139. The molecule has 0 amide bonds. The molecule has 0 bridgehead atoms. The summed E-state index contributed by atoms with van der Waals surface area (Å²) < 4.78 is 6.28. The molecule has 0 saturated heterocycles. The van der Waals surface area contributed by atoms with Crippen LogP contribution in [0.3, 0.4) is 0 Å². The first kappa shape index (κ1) is 16.3. The molecule has 1 saturated carbocycles. The number of hydrogen-bond donors (Lipinski definition) is 2. The fourth-order valence-corrected chi connectivity index (χ4v) is 4.11. The van der Waals surface area contributed by atoms with Gasteiger partial charge < -0.3 is 16.2 Å². The molecule has 1 fully saturated rings. The number of fused-ring (bicyclic) bond motifs is 1. The van der Waals surface area contributed by atoms with E-state index >= 15 is 0 Å². The lowest BCUT2D eigenvalue weighted by atomic mass is 9.82. The SMILES string of the molecule is Nc1nc(OC2CCC(N)CC2)c2c(n1)C(c1ccccc1)CCC2. The summed E-state index contributed by atoms with van der Waals surface area (Å²) in [6.07, 6.45) is 7.36. The van der Waals surface area contributed by atoms with E-state index in [-0.39, 0.29) is 12.0 Å². The van der Waals surface area contributed by atoms with Gasteiger partial charge in [-0.15, -0.1) is 0 Å². The summed E-state index contributed by atoms with van der Waals surface area (Å²) in [5.74, 6) is 1.28. The zero-order valence-electron chi connectivity index (χ0n) is 14.5. The quantitative estimate of drug-likeness (QED) is 0.897. The Morgan fingerprint density at radius 3 is 2.48 bits per heavy atom. The Kier molecular flexibility index (Phi) is 4.57. The van der Waals surface area contributed by atoms with Gasteiger partial charge in [-0.2, -0.15) is 4.98 Å². The Bertz CT molecular complexity index is 726. The lowest BCUT2D eigenvalue weighted by Crippen LogP contribution is -2.32. The standard InChI is InChI=1S/C20H26N4O/c21-14-9-11-15(12-10-14)25-19-17-8-4-7-16(13-5-2-1-3-6-13)18(17)23-20(22)24-19/h1-3,5-6,14-16H,4,7-12,21H2,(H2,22,23,24). The lowest BCUT2D eigenvalue weighted by Gasteiger charge is -2.30. The van der Waals surface area contributed by atoms with Crippen LogP contribution >= 0.6 is 0 Å². The molecule has 1 aromatic carbocycles. The summed E-state index contributed by atoms with van der Waals surface area (Å²) in [5, 5.41) is 0. The molecule has 1 atom stereocenters. The van der Waals surface area contributed by atoms with Crippen LogP contribution in [0.15, 0.2) is 30.3 Å². The van der Waals surface area contributed by atoms with Gasteiger partial charge in [-0.25, -0.2) is 4.98 Å². The fraction of sp³-hybridized carbons (Fsp3) is 0.500. The molecule has 0 radical (unpaired) electrons. The molecule has 1 aromatic heterocycles. The molecule has 4 rings (SSSR count). The second-order valence-electron chi connectivity index (χ2n) is 7.26. The number of hydrogen-bond acceptors (Lipinski definition) is 5. The van der Waals surface area contributed by atoms with E-state index in [1.54, 1.807) is 0 Å². The summed E-state index contributed by atoms with van der Waals surface area (Å²) >= 11 is 0. The third-order valence-electron chi connectivity index (χ3n) is 5.47. The van der Waals surface area contributed by atoms with E-state index in [0.717, 1.165) is 56.2 Å². The van der Waals surface area contributed by atoms with Gasteiger partial charge in [0, 0.05) is 17.5 Å². The Morgan fingerprint density at radius 2 is 1.72 bits per heavy atom. The van der Waals surface area contributed by atoms with Crippen LogP contribution in [0.1, 0.15) is 61.3 Å². The van der Waals surface area contributed by atoms with E-state index < -0.39 is 0 Å². The second kappa shape index (κ2) is 7.00. The number of benzene rings is 1. The molecular formula is C20H26N4O. The average molecular weight is 338 g/mol. The van der Waals surface area contributed by atoms with Gasteiger partial charge in [-0.3, -0.25) is 0 Å². The molecule has 132 valence electrons. The van der Waals surface area contributed by atoms with Crippen LogP contribution in [-0.4, -0.2) is 22.1 Å². The van der Waals surface area contributed by atoms with Crippen molar-refractivity contribution in [2.45, 2.75) is 63.0 Å². The van der Waals surface area contributed by atoms with Crippen molar-refractivity contribution in [2.75, 3.05) is 5.73 Å². The van der Waals surface area contributed by atoms with Crippen molar-refractivity contribution in [1.29, 1.82) is 0 Å². The number of ether oxygens (including phenoxy) is 1. The van der Waals surface area contributed by atoms with Crippen molar-refractivity contribution in [1.82, 2.24) is 9.97 Å². The highest BCUT2D eigenvalue weighted by molar-refractivity contribution is 5.43. The number of nitrogens with two attached hydrogens (primary N) is 2. The molecule has 1 unspecified atom stereocenters. The van der Waals surface area contributed by atoms with E-state index in [4.69, 9.17) is 16.2 Å². The smallest absolute Gasteiger partial charge is 0.223 e. The molecule has 2 aliphatic carbocycles. The van der Waals surface area contributed by atoms with Crippen molar-refractivity contribution >= 4 is 5.95 Å². The van der Waals surface area contributed by atoms with Gasteiger partial charge in [-0.1, -0.05) is 30.3 Å². The van der Waals surface area contributed by atoms with Crippen LogP contribution < -0.4 is 16.2 Å². The minimum atomic E-state index is 0.190. The minimum absolute atomic E-state index is 0.190. The number of rotatable bonds is 3. The molecule has 5 heteroatoms. The number of aromatic nitrogens is 2. The summed E-state index contributed by atoms with van der Waals surface area (Å²) in [4.78, 5) is 9.04. The van der Waals surface area contributed by atoms with Gasteiger partial charge in [0.25, 0.3) is 0 Å². The van der Waals surface area contributed by atoms with E-state index in [9.17, 15) is 0 Å². The maximum Gasteiger partial charge on any atom is 0.223 e. The van der Waals surface area contributed by atoms with Crippen molar-refractivity contribution in [3.63, 3.8) is 0 Å². The molecule has 2 aromatic rings. The monoisotopic (exact) mass is 338 g/mol. The zero-order chi connectivity index (χ0) is 17.2. The third-order valence-corrected chi connectivity index (χ3v) is 5.47. The number of anilines is 1. The third kappa shape index (κ3) is 3.47. The topological polar surface area (TPSA) is 87.0 Å². The van der Waals surface area contributed by atoms with Crippen molar-refractivity contribution in [2.24, 2.45) is 5.73 Å². The Labute approximate surface area is 148 Å². The highest BCUT2D eigenvalue weighted by atomic mass is 16.5. The van der Waals surface area contributed by atoms with Crippen molar-refractivity contribution in [3.05, 3.63) is 47.2 Å². The van der Waals surface area contributed by atoms with E-state index in [1.165, 1.54) is 5.56 Å². The first-order valence-corrected chi connectivity index (χ1v) is 9.34. The van der Waals surface area contributed by atoms with Gasteiger partial charge in [0.1, 0.15) is 6.10 Å². The van der Waals surface area contributed by atoms with Gasteiger partial charge in [0.05, 0.1) is 5.69 Å². The molecule has 4 N–H and O–H groups in total. The highest BCUT2D eigenvalue weighted by Gasteiger charge is 2.29. The average Bonchev–Trinajstić information content (AvgIpc) is 2.64. The van der Waals surface area contributed by atoms with Gasteiger partial charge in [0.15, 0.2) is 0 Å². The van der Waals surface area contributed by atoms with Crippen LogP contribution in [0.5, 0.6) is 5.88 Å². The summed E-state index contributed by atoms with van der Waals surface area (Å²) in [6, 6.07) is 10.9. The van der Waals surface area contributed by atoms with E-state index in [2.05, 4.69) is 34.2 Å². The van der Waals surface area contributed by atoms with Gasteiger partial charge in [0.2, 0.25) is 11.8 Å². The van der Waals surface area contributed by atoms with Crippen LogP contribution in [-0.2, 0) is 6.42 Å². The predicted octanol–water partition coefficient (Wildman–Crippen LogP) is 3.18. The summed E-state index contributed by atoms with van der Waals surface area (Å²) in [7, 11) is 0. The first-order chi connectivity index (χ1) is 12.2. The largest absolute Gasteiger partial charge is 0.474 e. The van der Waals surface area contributed by atoms with Crippen LogP contribution in [0.25, 0.3) is 0 Å². The minimum Gasteiger partial charge on any atom is -0.474 e. The number of nitrogen functional groups attached to an aromatic ring is 1. The molecule has 1 heterocycles. The Hall–Kier alpha value is -2.14. The maximum absolute atomic E-state index is 6.28. The molecular weight excluding hydrogens is 312 g/mol. The predicted molar refractivity (Wildman–Crippen MR) is 98.5 cm³/mol. The normalized spacial score (nSPS) is 26.0. The van der Waals surface area contributed by atoms with E-state index in [1.807, 2.05) is 6.07 Å². The zero-order valence-corrected chi connectivity index (χ0v) is 14.5. The number of nitrogens with zero attached hydrogens (tertiary/aromatic N) is 2. The van der Waals surface area contributed by atoms with Gasteiger partial charge >= 0.3 is 0 Å². The second-order valence-corrected chi connectivity index (χ2v) is 7.26. The van der Waals surface area contributed by atoms with Crippen LogP contribution in [0.2, 0.25) is 0 Å². The molecule has 0 spiro atoms. The molecule has 2 aliphatic rings.